The maximum Gasteiger partial charge on any atom is 0.319 e. The van der Waals surface area contributed by atoms with Gasteiger partial charge in [0, 0.05) is 18.7 Å². The molecule has 2 N–H and O–H groups in total. The van der Waals surface area contributed by atoms with Crippen LogP contribution in [0, 0.1) is 0 Å². The molecule has 5 nitrogen and oxygen atoms in total. The molecule has 0 bridgehead atoms. The molecule has 2 amide bonds. The number of nitrogens with one attached hydrogen (secondary N) is 2. The number of carbonyl (C=O) groups is 1. The number of hydrogen-bond donors (Lipinski definition) is 2. The highest BCUT2D eigenvalue weighted by Gasteiger charge is 2.11. The molecule has 0 aliphatic heterocycles. The minimum atomic E-state index is -0.235. The molecular weight excluding hydrogens is 296 g/mol. The molecule has 3 aromatic rings. The number of pyridine rings is 1. The Morgan fingerprint density at radius 3 is 2.91 bits per heavy atom. The molecule has 0 fully saturated rings. The third-order valence-electron chi connectivity index (χ3n) is 3.12. The van der Waals surface area contributed by atoms with Crippen LogP contribution in [-0.2, 0) is 6.42 Å². The molecule has 6 heteroatoms. The van der Waals surface area contributed by atoms with Gasteiger partial charge in [-0.3, -0.25) is 4.98 Å². The van der Waals surface area contributed by atoms with Crippen molar-refractivity contribution in [1.82, 2.24) is 15.3 Å². The number of nitrogens with zero attached hydrogens (tertiary/aromatic N) is 2. The number of aromatic nitrogens is 2. The Balaban J connectivity index is 1.57. The lowest BCUT2D eigenvalue weighted by atomic mass is 10.2. The van der Waals surface area contributed by atoms with E-state index < -0.39 is 0 Å². The number of amides is 2. The first kappa shape index (κ1) is 14.5. The Hall–Kier alpha value is -2.47. The van der Waals surface area contributed by atoms with Gasteiger partial charge in [0.15, 0.2) is 0 Å². The topological polar surface area (TPSA) is 66.9 Å². The lowest BCUT2D eigenvalue weighted by molar-refractivity contribution is 0.249. The Bertz CT molecular complexity index is 739. The van der Waals surface area contributed by atoms with Crippen molar-refractivity contribution in [3.8, 4) is 0 Å². The second kappa shape index (κ2) is 6.53. The molecule has 0 aliphatic carbocycles. The summed E-state index contributed by atoms with van der Waals surface area (Å²) in [6.07, 6.45) is 3.98. The summed E-state index contributed by atoms with van der Waals surface area (Å²) < 4.78 is 1.17. The predicted octanol–water partition coefficient (Wildman–Crippen LogP) is 3.44. The van der Waals surface area contributed by atoms with E-state index in [-0.39, 0.29) is 12.1 Å². The largest absolute Gasteiger partial charge is 0.335 e. The molecule has 0 spiro atoms. The first-order chi connectivity index (χ1) is 10.7. The monoisotopic (exact) mass is 312 g/mol. The first-order valence-electron chi connectivity index (χ1n) is 7.03. The van der Waals surface area contributed by atoms with Crippen molar-refractivity contribution >= 4 is 33.3 Å². The molecule has 2 heterocycles. The lowest BCUT2D eigenvalue weighted by Gasteiger charge is -2.13. The fourth-order valence-corrected chi connectivity index (χ4v) is 3.24. The molecule has 22 heavy (non-hydrogen) atoms. The zero-order valence-corrected chi connectivity index (χ0v) is 12.9. The van der Waals surface area contributed by atoms with Crippen LogP contribution in [0.5, 0.6) is 0 Å². The summed E-state index contributed by atoms with van der Waals surface area (Å²) >= 11 is 1.66. The average Bonchev–Trinajstić information content (AvgIpc) is 2.89. The number of carbonyl (C=O) groups excluding carboxylic acids is 1. The predicted molar refractivity (Wildman–Crippen MR) is 89.2 cm³/mol. The summed E-state index contributed by atoms with van der Waals surface area (Å²) in [5.41, 5.74) is 1.68. The quantitative estimate of drug-likeness (QED) is 0.775. The van der Waals surface area contributed by atoms with E-state index in [9.17, 15) is 4.79 Å². The van der Waals surface area contributed by atoms with Crippen molar-refractivity contribution in [3.63, 3.8) is 0 Å². The highest BCUT2D eigenvalue weighted by atomic mass is 32.1. The van der Waals surface area contributed by atoms with Crippen LogP contribution < -0.4 is 10.6 Å². The van der Waals surface area contributed by atoms with Gasteiger partial charge in [-0.05, 0) is 31.2 Å². The Labute approximate surface area is 132 Å². The van der Waals surface area contributed by atoms with Gasteiger partial charge in [0.2, 0.25) is 0 Å². The fourth-order valence-electron chi connectivity index (χ4n) is 2.15. The molecule has 0 aliphatic rings. The first-order valence-corrected chi connectivity index (χ1v) is 7.84. The van der Waals surface area contributed by atoms with Gasteiger partial charge in [-0.1, -0.05) is 12.1 Å². The van der Waals surface area contributed by atoms with Crippen LogP contribution in [0.4, 0.5) is 10.5 Å². The maximum absolute atomic E-state index is 11.9. The summed E-state index contributed by atoms with van der Waals surface area (Å²) in [6.45, 7) is 1.97. The van der Waals surface area contributed by atoms with Crippen molar-refractivity contribution in [2.75, 3.05) is 5.32 Å². The molecule has 0 saturated carbocycles. The molecule has 1 unspecified atom stereocenters. The molecule has 3 rings (SSSR count). The number of benzene rings is 1. The van der Waals surface area contributed by atoms with Crippen LogP contribution in [0.1, 0.15) is 11.9 Å². The van der Waals surface area contributed by atoms with Gasteiger partial charge in [-0.25, -0.2) is 9.78 Å². The molecule has 1 atom stereocenters. The van der Waals surface area contributed by atoms with E-state index in [1.165, 1.54) is 4.70 Å². The van der Waals surface area contributed by atoms with Gasteiger partial charge >= 0.3 is 6.03 Å². The second-order valence-corrected chi connectivity index (χ2v) is 6.14. The summed E-state index contributed by atoms with van der Waals surface area (Å²) in [5, 5.41) is 6.69. The Morgan fingerprint density at radius 2 is 2.14 bits per heavy atom. The van der Waals surface area contributed by atoms with Crippen molar-refractivity contribution < 1.29 is 4.79 Å². The van der Waals surface area contributed by atoms with Crippen molar-refractivity contribution in [2.24, 2.45) is 0 Å². The third kappa shape index (κ3) is 3.59. The van der Waals surface area contributed by atoms with Gasteiger partial charge in [-0.15, -0.1) is 11.3 Å². The van der Waals surface area contributed by atoms with E-state index in [2.05, 4.69) is 26.7 Å². The fraction of sp³-hybridized carbons (Fsp3) is 0.188. The van der Waals surface area contributed by atoms with Gasteiger partial charge in [0.05, 0.1) is 27.1 Å². The number of fused-ring (bicyclic) bond motifs is 1. The number of thiazole rings is 1. The van der Waals surface area contributed by atoms with Gasteiger partial charge < -0.3 is 10.6 Å². The summed E-state index contributed by atoms with van der Waals surface area (Å²) in [6, 6.07) is 11.4. The number of anilines is 1. The van der Waals surface area contributed by atoms with Crippen LogP contribution in [0.25, 0.3) is 10.2 Å². The van der Waals surface area contributed by atoms with Crippen LogP contribution in [0.2, 0.25) is 0 Å². The number of hydrogen-bond acceptors (Lipinski definition) is 4. The van der Waals surface area contributed by atoms with Crippen LogP contribution in [-0.4, -0.2) is 22.0 Å². The smallest absolute Gasteiger partial charge is 0.319 e. The van der Waals surface area contributed by atoms with E-state index >= 15 is 0 Å². The van der Waals surface area contributed by atoms with Crippen LogP contribution in [0.15, 0.2) is 48.8 Å². The van der Waals surface area contributed by atoms with Crippen molar-refractivity contribution in [3.05, 3.63) is 53.8 Å². The van der Waals surface area contributed by atoms with Crippen molar-refractivity contribution in [2.45, 2.75) is 19.4 Å². The second-order valence-electron chi connectivity index (χ2n) is 5.02. The standard InChI is InChI=1S/C16H16N4OS/c1-11(18-16(21)19-12-5-4-8-17-10-12)9-15-20-13-6-2-3-7-14(13)22-15/h2-8,10-11H,9H2,1H3,(H2,18,19,21). The van der Waals surface area contributed by atoms with Crippen LogP contribution >= 0.6 is 11.3 Å². The SMILES string of the molecule is CC(Cc1nc2ccccc2s1)NC(=O)Nc1cccnc1. The van der Waals surface area contributed by atoms with Crippen LogP contribution in [0.3, 0.4) is 0 Å². The number of para-hydroxylation sites is 1. The normalized spacial score (nSPS) is 12.0. The summed E-state index contributed by atoms with van der Waals surface area (Å²) in [7, 11) is 0. The van der Waals surface area contributed by atoms with E-state index in [1.807, 2.05) is 25.1 Å². The number of rotatable bonds is 4. The molecule has 1 aromatic carbocycles. The minimum Gasteiger partial charge on any atom is -0.335 e. The number of urea groups is 1. The van der Waals surface area contributed by atoms with Crippen molar-refractivity contribution in [1.29, 1.82) is 0 Å². The van der Waals surface area contributed by atoms with Gasteiger partial charge in [0.1, 0.15) is 0 Å². The lowest BCUT2D eigenvalue weighted by Crippen LogP contribution is -2.37. The Kier molecular flexibility index (Phi) is 4.29. The highest BCUT2D eigenvalue weighted by molar-refractivity contribution is 7.18. The average molecular weight is 312 g/mol. The Morgan fingerprint density at radius 1 is 1.27 bits per heavy atom. The van der Waals surface area contributed by atoms with Gasteiger partial charge in [-0.2, -0.15) is 0 Å². The third-order valence-corrected chi connectivity index (χ3v) is 4.17. The van der Waals surface area contributed by atoms with E-state index in [4.69, 9.17) is 0 Å². The highest BCUT2D eigenvalue weighted by Crippen LogP contribution is 2.22. The van der Waals surface area contributed by atoms with Gasteiger partial charge in [0.25, 0.3) is 0 Å². The molecule has 112 valence electrons. The minimum absolute atomic E-state index is 0.00256. The molecule has 0 saturated heterocycles. The zero-order valence-electron chi connectivity index (χ0n) is 12.1. The zero-order chi connectivity index (χ0) is 15.4. The summed E-state index contributed by atoms with van der Waals surface area (Å²) in [4.78, 5) is 20.5. The van der Waals surface area contributed by atoms with E-state index in [1.54, 1.807) is 35.9 Å². The maximum atomic E-state index is 11.9. The summed E-state index contributed by atoms with van der Waals surface area (Å²) in [5.74, 6) is 0. The molecule has 0 radical (unpaired) electrons. The molecule has 2 aromatic heterocycles. The van der Waals surface area contributed by atoms with E-state index in [0.717, 1.165) is 10.5 Å². The van der Waals surface area contributed by atoms with E-state index in [0.29, 0.717) is 12.1 Å². The molecular formula is C16H16N4OS.